The van der Waals surface area contributed by atoms with Crippen LogP contribution in [0.25, 0.3) is 0 Å². The smallest absolute Gasteiger partial charge is 0.271 e. The van der Waals surface area contributed by atoms with E-state index < -0.39 is 0 Å². The van der Waals surface area contributed by atoms with E-state index in [0.29, 0.717) is 17.4 Å². The van der Waals surface area contributed by atoms with Crippen molar-refractivity contribution in [1.82, 2.24) is 15.1 Å². The number of hydrogen-bond acceptors (Lipinski definition) is 3. The molecule has 0 aliphatic carbocycles. The number of rotatable bonds is 3. The molecule has 0 unspecified atom stereocenters. The Hall–Kier alpha value is -1.52. The quantitative estimate of drug-likeness (QED) is 0.748. The molecule has 1 rings (SSSR count). The minimum Gasteiger partial charge on any atom is -0.382 e. The Morgan fingerprint density at radius 1 is 1.71 bits per heavy atom. The van der Waals surface area contributed by atoms with E-state index in [1.165, 1.54) is 0 Å². The number of nitrogen functional groups attached to an aromatic ring is 1. The zero-order valence-electron chi connectivity index (χ0n) is 8.74. The number of aromatic amines is 1. The van der Waals surface area contributed by atoms with E-state index in [9.17, 15) is 4.79 Å². The highest BCUT2D eigenvalue weighted by molar-refractivity contribution is 5.92. The van der Waals surface area contributed by atoms with Crippen LogP contribution in [0, 0.1) is 5.92 Å². The molecule has 0 spiro atoms. The van der Waals surface area contributed by atoms with Crippen LogP contribution in [0.4, 0.5) is 5.82 Å². The van der Waals surface area contributed by atoms with Crippen molar-refractivity contribution in [1.29, 1.82) is 0 Å². The SMILES string of the molecule is CC(C)CN(C)C(=O)c1cc(N)n[nH]1. The maximum atomic E-state index is 11.7. The van der Waals surface area contributed by atoms with Crippen LogP contribution in [0.15, 0.2) is 6.07 Å². The van der Waals surface area contributed by atoms with E-state index in [0.717, 1.165) is 6.54 Å². The van der Waals surface area contributed by atoms with Crippen molar-refractivity contribution in [3.63, 3.8) is 0 Å². The average Bonchev–Trinajstić information content (AvgIpc) is 2.49. The molecule has 0 aliphatic heterocycles. The minimum absolute atomic E-state index is 0.0806. The van der Waals surface area contributed by atoms with Crippen molar-refractivity contribution in [2.75, 3.05) is 19.3 Å². The Labute approximate surface area is 83.3 Å². The highest BCUT2D eigenvalue weighted by atomic mass is 16.2. The van der Waals surface area contributed by atoms with Crippen LogP contribution in [-0.4, -0.2) is 34.6 Å². The third kappa shape index (κ3) is 2.48. The molecule has 1 aromatic heterocycles. The van der Waals surface area contributed by atoms with Crippen molar-refractivity contribution < 1.29 is 4.79 Å². The van der Waals surface area contributed by atoms with Crippen LogP contribution in [0.3, 0.4) is 0 Å². The third-order valence-electron chi connectivity index (χ3n) is 1.81. The number of amides is 1. The highest BCUT2D eigenvalue weighted by Gasteiger charge is 2.14. The van der Waals surface area contributed by atoms with Crippen LogP contribution in [0.5, 0.6) is 0 Å². The number of nitrogens with zero attached hydrogens (tertiary/aromatic N) is 2. The number of aromatic nitrogens is 2. The number of carbonyl (C=O) groups is 1. The fourth-order valence-corrected chi connectivity index (χ4v) is 1.28. The molecule has 0 fully saturated rings. The van der Waals surface area contributed by atoms with Crippen molar-refractivity contribution in [2.45, 2.75) is 13.8 Å². The number of hydrogen-bond donors (Lipinski definition) is 2. The van der Waals surface area contributed by atoms with Crippen LogP contribution in [0.1, 0.15) is 24.3 Å². The minimum atomic E-state index is -0.0806. The van der Waals surface area contributed by atoms with E-state index in [-0.39, 0.29) is 5.91 Å². The Morgan fingerprint density at radius 3 is 2.79 bits per heavy atom. The molecule has 0 atom stereocenters. The largest absolute Gasteiger partial charge is 0.382 e. The molecule has 0 radical (unpaired) electrons. The van der Waals surface area contributed by atoms with Gasteiger partial charge in [0.25, 0.3) is 5.91 Å². The molecule has 0 aliphatic rings. The molecular weight excluding hydrogens is 180 g/mol. The lowest BCUT2D eigenvalue weighted by atomic mass is 10.2. The van der Waals surface area contributed by atoms with Gasteiger partial charge in [0.2, 0.25) is 0 Å². The summed E-state index contributed by atoms with van der Waals surface area (Å²) in [5.41, 5.74) is 5.84. The fourth-order valence-electron chi connectivity index (χ4n) is 1.28. The summed E-state index contributed by atoms with van der Waals surface area (Å²) in [7, 11) is 1.76. The predicted octanol–water partition coefficient (Wildman–Crippen LogP) is 0.720. The van der Waals surface area contributed by atoms with Gasteiger partial charge in [0.1, 0.15) is 11.5 Å². The molecular formula is C9H16N4O. The second-order valence-electron chi connectivity index (χ2n) is 3.79. The number of nitrogens with one attached hydrogen (secondary N) is 1. The van der Waals surface area contributed by atoms with Crippen molar-refractivity contribution in [2.24, 2.45) is 5.92 Å². The lowest BCUT2D eigenvalue weighted by Gasteiger charge is -2.18. The van der Waals surface area contributed by atoms with E-state index in [2.05, 4.69) is 24.0 Å². The van der Waals surface area contributed by atoms with Gasteiger partial charge in [0.15, 0.2) is 0 Å². The van der Waals surface area contributed by atoms with Gasteiger partial charge in [0, 0.05) is 19.7 Å². The number of H-pyrrole nitrogens is 1. The third-order valence-corrected chi connectivity index (χ3v) is 1.81. The maximum absolute atomic E-state index is 11.7. The van der Waals surface area contributed by atoms with E-state index in [4.69, 9.17) is 5.73 Å². The molecule has 1 aromatic rings. The lowest BCUT2D eigenvalue weighted by molar-refractivity contribution is 0.0773. The highest BCUT2D eigenvalue weighted by Crippen LogP contribution is 2.05. The average molecular weight is 196 g/mol. The number of nitrogens with two attached hydrogens (primary N) is 1. The molecule has 14 heavy (non-hydrogen) atoms. The molecule has 5 nitrogen and oxygen atoms in total. The van der Waals surface area contributed by atoms with Gasteiger partial charge < -0.3 is 10.6 Å². The van der Waals surface area contributed by atoms with Crippen LogP contribution >= 0.6 is 0 Å². The summed E-state index contributed by atoms with van der Waals surface area (Å²) >= 11 is 0. The van der Waals surface area contributed by atoms with Gasteiger partial charge in [-0.15, -0.1) is 0 Å². The summed E-state index contributed by atoms with van der Waals surface area (Å²) < 4.78 is 0. The summed E-state index contributed by atoms with van der Waals surface area (Å²) in [4.78, 5) is 13.3. The van der Waals surface area contributed by atoms with Crippen molar-refractivity contribution in [3.05, 3.63) is 11.8 Å². The Morgan fingerprint density at radius 2 is 2.36 bits per heavy atom. The van der Waals surface area contributed by atoms with Gasteiger partial charge in [-0.25, -0.2) is 0 Å². The number of anilines is 1. The molecule has 0 bridgehead atoms. The summed E-state index contributed by atoms with van der Waals surface area (Å²) in [6.07, 6.45) is 0. The molecule has 3 N–H and O–H groups in total. The molecule has 5 heteroatoms. The topological polar surface area (TPSA) is 75.0 Å². The van der Waals surface area contributed by atoms with Gasteiger partial charge in [0.05, 0.1) is 0 Å². The normalized spacial score (nSPS) is 10.6. The van der Waals surface area contributed by atoms with Crippen LogP contribution in [-0.2, 0) is 0 Å². The number of carbonyl (C=O) groups excluding carboxylic acids is 1. The molecule has 78 valence electrons. The van der Waals surface area contributed by atoms with Gasteiger partial charge in [-0.05, 0) is 5.92 Å². The first-order chi connectivity index (χ1) is 6.50. The fraction of sp³-hybridized carbons (Fsp3) is 0.556. The van der Waals surface area contributed by atoms with E-state index >= 15 is 0 Å². The molecule has 0 saturated heterocycles. The van der Waals surface area contributed by atoms with Crippen LogP contribution < -0.4 is 5.73 Å². The van der Waals surface area contributed by atoms with Crippen molar-refractivity contribution >= 4 is 11.7 Å². The molecule has 0 saturated carbocycles. The van der Waals surface area contributed by atoms with Gasteiger partial charge in [-0.1, -0.05) is 13.8 Å². The second-order valence-corrected chi connectivity index (χ2v) is 3.79. The second kappa shape index (κ2) is 4.13. The molecule has 1 heterocycles. The molecule has 0 aromatic carbocycles. The van der Waals surface area contributed by atoms with E-state index in [1.807, 2.05) is 0 Å². The standard InChI is InChI=1S/C9H16N4O/c1-6(2)5-13(3)9(14)7-4-8(10)12-11-7/h4,6H,5H2,1-3H3,(H3,10,11,12). The predicted molar refractivity (Wildman–Crippen MR) is 54.8 cm³/mol. The Balaban J connectivity index is 2.65. The summed E-state index contributed by atoms with van der Waals surface area (Å²) in [5, 5.41) is 6.30. The maximum Gasteiger partial charge on any atom is 0.271 e. The summed E-state index contributed by atoms with van der Waals surface area (Å²) in [6, 6.07) is 1.54. The molecule has 1 amide bonds. The summed E-state index contributed by atoms with van der Waals surface area (Å²) in [6.45, 7) is 4.84. The lowest BCUT2D eigenvalue weighted by Crippen LogP contribution is -2.30. The Bertz CT molecular complexity index is 318. The van der Waals surface area contributed by atoms with Gasteiger partial charge >= 0.3 is 0 Å². The Kier molecular flexibility index (Phi) is 3.11. The van der Waals surface area contributed by atoms with E-state index in [1.54, 1.807) is 18.0 Å². The first kappa shape index (κ1) is 10.6. The van der Waals surface area contributed by atoms with Crippen LogP contribution in [0.2, 0.25) is 0 Å². The van der Waals surface area contributed by atoms with Gasteiger partial charge in [-0.3, -0.25) is 9.89 Å². The zero-order chi connectivity index (χ0) is 10.7. The zero-order valence-corrected chi connectivity index (χ0v) is 8.74. The van der Waals surface area contributed by atoms with Crippen molar-refractivity contribution in [3.8, 4) is 0 Å². The van der Waals surface area contributed by atoms with Gasteiger partial charge in [-0.2, -0.15) is 5.10 Å². The monoisotopic (exact) mass is 196 g/mol. The summed E-state index contributed by atoms with van der Waals surface area (Å²) in [5.74, 6) is 0.707. The first-order valence-corrected chi connectivity index (χ1v) is 4.57. The first-order valence-electron chi connectivity index (χ1n) is 4.57.